The molecule has 1 saturated heterocycles. The Balaban J connectivity index is 1.71. The lowest BCUT2D eigenvalue weighted by Crippen LogP contribution is -2.17. The zero-order chi connectivity index (χ0) is 19.0. The van der Waals surface area contributed by atoms with E-state index in [1.165, 1.54) is 0 Å². The summed E-state index contributed by atoms with van der Waals surface area (Å²) in [5, 5.41) is 10.4. The zero-order valence-electron chi connectivity index (χ0n) is 13.8. The third kappa shape index (κ3) is 3.58. The smallest absolute Gasteiger partial charge is 0.285 e. The molecule has 4 rings (SSSR count). The lowest BCUT2D eigenvalue weighted by Gasteiger charge is -2.10. The second kappa shape index (κ2) is 7.34. The number of hydrogen-bond acceptors (Lipinski definition) is 5. The van der Waals surface area contributed by atoms with Crippen molar-refractivity contribution in [3.8, 4) is 11.1 Å². The highest BCUT2D eigenvalue weighted by atomic mass is 35.5. The Morgan fingerprint density at radius 3 is 2.78 bits per heavy atom. The van der Waals surface area contributed by atoms with Gasteiger partial charge in [0.1, 0.15) is 0 Å². The Hall–Kier alpha value is -2.35. The van der Waals surface area contributed by atoms with Crippen LogP contribution < -0.4 is 5.32 Å². The summed E-state index contributed by atoms with van der Waals surface area (Å²) in [4.78, 5) is 27.9. The van der Waals surface area contributed by atoms with Crippen molar-refractivity contribution in [2.45, 2.75) is 12.8 Å². The van der Waals surface area contributed by atoms with Crippen molar-refractivity contribution in [1.29, 1.82) is 0 Å². The molecule has 9 heteroatoms. The molecule has 0 bridgehead atoms. The van der Waals surface area contributed by atoms with E-state index in [2.05, 4.69) is 20.5 Å². The van der Waals surface area contributed by atoms with Crippen molar-refractivity contribution < 1.29 is 9.59 Å². The number of benzene rings is 1. The molecular weight excluding hydrogens is 407 g/mol. The van der Waals surface area contributed by atoms with E-state index in [0.29, 0.717) is 33.3 Å². The predicted molar refractivity (Wildman–Crippen MR) is 107 cm³/mol. The van der Waals surface area contributed by atoms with E-state index in [0.717, 1.165) is 34.0 Å². The third-order valence-corrected chi connectivity index (χ3v) is 5.76. The standard InChI is InChI=1S/C18H12Cl2N4O2S/c19-13-5-4-11-12(9-7-21-22-8-9)6-10(23-16(11)15(13)20)2-1-3-14-17(25)24-18(26)27-14/h3-8H,1-2H2,(H,21,22)(H,24,25,26)/b14-3+. The van der Waals surface area contributed by atoms with Gasteiger partial charge in [0.2, 0.25) is 0 Å². The Labute approximate surface area is 168 Å². The Kier molecular flexibility index (Phi) is 4.90. The van der Waals surface area contributed by atoms with E-state index in [-0.39, 0.29) is 11.1 Å². The lowest BCUT2D eigenvalue weighted by molar-refractivity contribution is -0.115. The fourth-order valence-electron chi connectivity index (χ4n) is 2.86. The van der Waals surface area contributed by atoms with Crippen molar-refractivity contribution in [3.63, 3.8) is 0 Å². The number of thioether (sulfide) groups is 1. The van der Waals surface area contributed by atoms with Gasteiger partial charge in [-0.25, -0.2) is 0 Å². The average molecular weight is 419 g/mol. The summed E-state index contributed by atoms with van der Waals surface area (Å²) >= 11 is 13.4. The first-order chi connectivity index (χ1) is 13.0. The number of amides is 2. The highest BCUT2D eigenvalue weighted by molar-refractivity contribution is 8.18. The Morgan fingerprint density at radius 1 is 1.22 bits per heavy atom. The van der Waals surface area contributed by atoms with Crippen LogP contribution in [0.1, 0.15) is 12.1 Å². The molecule has 136 valence electrons. The lowest BCUT2D eigenvalue weighted by atomic mass is 10.0. The monoisotopic (exact) mass is 418 g/mol. The zero-order valence-corrected chi connectivity index (χ0v) is 16.1. The summed E-state index contributed by atoms with van der Waals surface area (Å²) < 4.78 is 0. The van der Waals surface area contributed by atoms with E-state index >= 15 is 0 Å². The van der Waals surface area contributed by atoms with Crippen LogP contribution in [0, 0.1) is 0 Å². The summed E-state index contributed by atoms with van der Waals surface area (Å²) in [5.74, 6) is -0.356. The number of fused-ring (bicyclic) bond motifs is 1. The number of H-pyrrole nitrogens is 1. The van der Waals surface area contributed by atoms with Crippen LogP contribution in [-0.4, -0.2) is 26.3 Å². The fraction of sp³-hybridized carbons (Fsp3) is 0.111. The van der Waals surface area contributed by atoms with Gasteiger partial charge in [-0.1, -0.05) is 35.3 Å². The van der Waals surface area contributed by atoms with Gasteiger partial charge in [-0.15, -0.1) is 0 Å². The number of aromatic amines is 1. The molecule has 27 heavy (non-hydrogen) atoms. The number of carbonyl (C=O) groups is 2. The summed E-state index contributed by atoms with van der Waals surface area (Å²) in [6.45, 7) is 0. The molecule has 0 aliphatic carbocycles. The maximum Gasteiger partial charge on any atom is 0.290 e. The normalized spacial score (nSPS) is 15.7. The first kappa shape index (κ1) is 18.0. The van der Waals surface area contributed by atoms with Crippen molar-refractivity contribution in [3.05, 3.63) is 57.3 Å². The number of imide groups is 1. The van der Waals surface area contributed by atoms with Gasteiger partial charge >= 0.3 is 0 Å². The summed E-state index contributed by atoms with van der Waals surface area (Å²) in [6, 6.07) is 5.60. The second-order valence-corrected chi connectivity index (χ2v) is 7.66. The van der Waals surface area contributed by atoms with E-state index < -0.39 is 0 Å². The molecular formula is C18H12Cl2N4O2S. The molecule has 0 radical (unpaired) electrons. The van der Waals surface area contributed by atoms with Crippen molar-refractivity contribution in [1.82, 2.24) is 20.5 Å². The first-order valence-corrected chi connectivity index (χ1v) is 9.60. The molecule has 0 spiro atoms. The number of hydrogen-bond donors (Lipinski definition) is 2. The van der Waals surface area contributed by atoms with Crippen LogP contribution in [0.4, 0.5) is 4.79 Å². The Bertz CT molecular complexity index is 1100. The van der Waals surface area contributed by atoms with Gasteiger partial charge in [0, 0.05) is 22.8 Å². The van der Waals surface area contributed by atoms with Crippen molar-refractivity contribution in [2.75, 3.05) is 0 Å². The number of rotatable bonds is 4. The quantitative estimate of drug-likeness (QED) is 0.597. The minimum Gasteiger partial charge on any atom is -0.285 e. The number of aromatic nitrogens is 3. The minimum absolute atomic E-state index is 0.348. The van der Waals surface area contributed by atoms with E-state index in [4.69, 9.17) is 23.2 Å². The highest BCUT2D eigenvalue weighted by Crippen LogP contribution is 2.35. The molecule has 1 aliphatic rings. The minimum atomic E-state index is -0.356. The van der Waals surface area contributed by atoms with Crippen LogP contribution >= 0.6 is 35.0 Å². The van der Waals surface area contributed by atoms with Gasteiger partial charge in [-0.2, -0.15) is 5.10 Å². The second-order valence-electron chi connectivity index (χ2n) is 5.86. The molecule has 2 N–H and O–H groups in total. The first-order valence-electron chi connectivity index (χ1n) is 8.03. The van der Waals surface area contributed by atoms with Gasteiger partial charge in [-0.3, -0.25) is 25.0 Å². The van der Waals surface area contributed by atoms with Gasteiger partial charge in [-0.05, 0) is 42.3 Å². The van der Waals surface area contributed by atoms with Crippen LogP contribution in [0.5, 0.6) is 0 Å². The maximum absolute atomic E-state index is 11.6. The maximum atomic E-state index is 11.6. The average Bonchev–Trinajstić information content (AvgIpc) is 3.28. The molecule has 2 aromatic heterocycles. The largest absolute Gasteiger partial charge is 0.290 e. The number of allylic oxidation sites excluding steroid dienone is 1. The molecule has 3 aromatic rings. The number of nitrogens with one attached hydrogen (secondary N) is 2. The highest BCUT2D eigenvalue weighted by Gasteiger charge is 2.24. The van der Waals surface area contributed by atoms with Crippen LogP contribution in [-0.2, 0) is 11.2 Å². The molecule has 3 heterocycles. The van der Waals surface area contributed by atoms with E-state index in [1.54, 1.807) is 24.5 Å². The number of pyridine rings is 1. The summed E-state index contributed by atoms with van der Waals surface area (Å²) in [7, 11) is 0. The fourth-order valence-corrected chi connectivity index (χ4v) is 3.91. The molecule has 0 unspecified atom stereocenters. The molecule has 0 atom stereocenters. The molecule has 0 saturated carbocycles. The molecule has 1 aromatic carbocycles. The predicted octanol–water partition coefficient (Wildman–Crippen LogP) is 4.73. The van der Waals surface area contributed by atoms with Crippen LogP contribution in [0.2, 0.25) is 10.0 Å². The number of aryl methyl sites for hydroxylation is 1. The number of carbonyl (C=O) groups excluding carboxylic acids is 2. The van der Waals surface area contributed by atoms with Crippen LogP contribution in [0.15, 0.2) is 41.6 Å². The van der Waals surface area contributed by atoms with Crippen molar-refractivity contribution >= 4 is 57.0 Å². The van der Waals surface area contributed by atoms with Gasteiger partial charge in [0.15, 0.2) is 0 Å². The van der Waals surface area contributed by atoms with E-state index in [1.807, 2.05) is 12.1 Å². The molecule has 6 nitrogen and oxygen atoms in total. The third-order valence-electron chi connectivity index (χ3n) is 4.11. The Morgan fingerprint density at radius 2 is 2.07 bits per heavy atom. The summed E-state index contributed by atoms with van der Waals surface area (Å²) in [6.07, 6.45) is 6.41. The van der Waals surface area contributed by atoms with Gasteiger partial charge in [0.25, 0.3) is 11.1 Å². The number of halogens is 2. The SMILES string of the molecule is O=C1NC(=O)/C(=C\CCc2cc(-c3cn[nH]c3)c3ccc(Cl)c(Cl)c3n2)S1. The molecule has 1 aliphatic heterocycles. The number of nitrogens with zero attached hydrogens (tertiary/aromatic N) is 2. The molecule has 1 fully saturated rings. The van der Waals surface area contributed by atoms with Crippen LogP contribution in [0.3, 0.4) is 0 Å². The summed E-state index contributed by atoms with van der Waals surface area (Å²) in [5.41, 5.74) is 3.28. The molecule has 2 amide bonds. The topological polar surface area (TPSA) is 87.7 Å². The van der Waals surface area contributed by atoms with Crippen molar-refractivity contribution in [2.24, 2.45) is 0 Å². The van der Waals surface area contributed by atoms with Gasteiger partial charge < -0.3 is 0 Å². The van der Waals surface area contributed by atoms with Crippen LogP contribution in [0.25, 0.3) is 22.0 Å². The van der Waals surface area contributed by atoms with Gasteiger partial charge in [0.05, 0.1) is 26.7 Å². The van der Waals surface area contributed by atoms with E-state index in [9.17, 15) is 9.59 Å².